The molecule has 1 saturated carbocycles. The van der Waals surface area contributed by atoms with E-state index < -0.39 is 5.56 Å². The number of ketones is 1. The molecule has 2 heterocycles. The number of benzene rings is 1. The standard InChI is InChI=1S/C23H26N4O3S/c1-5-10-27-20-18(22(29)26(4)23(27)30)21(25-19(24-20)15-8-9-15)31-12-17(28)16-11-13(2)6-7-14(16)3/h6-7,11,15H,5,8-10,12H2,1-4H3. The molecule has 7 nitrogen and oxygen atoms in total. The lowest BCUT2D eigenvalue weighted by atomic mass is 10.0. The van der Waals surface area contributed by atoms with Gasteiger partial charge in [-0.2, -0.15) is 0 Å². The van der Waals surface area contributed by atoms with Gasteiger partial charge in [-0.1, -0.05) is 36.4 Å². The number of nitrogens with zero attached hydrogens (tertiary/aromatic N) is 4. The summed E-state index contributed by atoms with van der Waals surface area (Å²) >= 11 is 1.25. The van der Waals surface area contributed by atoms with Crippen molar-refractivity contribution in [3.8, 4) is 0 Å². The number of Topliss-reactive ketones (excluding diaryl/α,β-unsaturated/α-hetero) is 1. The van der Waals surface area contributed by atoms with Gasteiger partial charge in [-0.25, -0.2) is 14.8 Å². The highest BCUT2D eigenvalue weighted by Crippen LogP contribution is 2.39. The van der Waals surface area contributed by atoms with Crippen LogP contribution in [0.4, 0.5) is 0 Å². The minimum absolute atomic E-state index is 0.00959. The summed E-state index contributed by atoms with van der Waals surface area (Å²) < 4.78 is 2.66. The Balaban J connectivity index is 1.81. The predicted octanol–water partition coefficient (Wildman–Crippen LogP) is 3.37. The third-order valence-corrected chi connectivity index (χ3v) is 6.56. The fourth-order valence-corrected chi connectivity index (χ4v) is 4.56. The number of thioether (sulfide) groups is 1. The first-order chi connectivity index (χ1) is 14.8. The Morgan fingerprint density at radius 3 is 2.61 bits per heavy atom. The monoisotopic (exact) mass is 438 g/mol. The van der Waals surface area contributed by atoms with Crippen LogP contribution in [0.25, 0.3) is 11.0 Å². The summed E-state index contributed by atoms with van der Waals surface area (Å²) in [6.07, 6.45) is 2.74. The minimum atomic E-state index is -0.420. The van der Waals surface area contributed by atoms with Crippen molar-refractivity contribution in [2.24, 2.45) is 7.05 Å². The molecule has 1 fully saturated rings. The highest BCUT2D eigenvalue weighted by Gasteiger charge is 2.29. The van der Waals surface area contributed by atoms with Gasteiger partial charge in [0.05, 0.1) is 5.75 Å². The molecule has 0 amide bonds. The second-order valence-corrected chi connectivity index (χ2v) is 9.15. The maximum atomic E-state index is 13.0. The largest absolute Gasteiger partial charge is 0.332 e. The molecule has 0 bridgehead atoms. The van der Waals surface area contributed by atoms with Gasteiger partial charge < -0.3 is 0 Å². The molecule has 0 unspecified atom stereocenters. The molecule has 1 aliphatic rings. The number of carbonyl (C=O) groups excluding carboxylic acids is 1. The lowest BCUT2D eigenvalue weighted by molar-refractivity contribution is 0.102. The first kappa shape index (κ1) is 21.5. The Hall–Kier alpha value is -2.74. The van der Waals surface area contributed by atoms with E-state index in [1.54, 1.807) is 4.57 Å². The summed E-state index contributed by atoms with van der Waals surface area (Å²) in [6.45, 7) is 6.32. The summed E-state index contributed by atoms with van der Waals surface area (Å²) in [6, 6.07) is 5.82. The number of rotatable bonds is 7. The maximum absolute atomic E-state index is 13.0. The Morgan fingerprint density at radius 1 is 1.19 bits per heavy atom. The molecule has 2 aromatic heterocycles. The minimum Gasteiger partial charge on any atom is -0.293 e. The Morgan fingerprint density at radius 2 is 1.94 bits per heavy atom. The first-order valence-electron chi connectivity index (χ1n) is 10.6. The second-order valence-electron chi connectivity index (χ2n) is 8.19. The SMILES string of the molecule is CCCn1c(=O)n(C)c(=O)c2c(SCC(=O)c3cc(C)ccc3C)nc(C3CC3)nc21. The quantitative estimate of drug-likeness (QED) is 0.319. The number of aromatic nitrogens is 4. The summed E-state index contributed by atoms with van der Waals surface area (Å²) in [5.74, 6) is 1.07. The van der Waals surface area contributed by atoms with Crippen LogP contribution in [0.15, 0.2) is 32.8 Å². The van der Waals surface area contributed by atoms with E-state index >= 15 is 0 Å². The number of hydrogen-bond donors (Lipinski definition) is 0. The third kappa shape index (κ3) is 4.08. The Labute approximate surface area is 184 Å². The molecule has 0 N–H and O–H groups in total. The van der Waals surface area contributed by atoms with E-state index in [0.717, 1.165) is 35.0 Å². The van der Waals surface area contributed by atoms with Crippen molar-refractivity contribution in [1.82, 2.24) is 19.1 Å². The fourth-order valence-electron chi connectivity index (χ4n) is 3.66. The average Bonchev–Trinajstić information content (AvgIpc) is 3.60. The molecule has 31 heavy (non-hydrogen) atoms. The van der Waals surface area contributed by atoms with Gasteiger partial charge >= 0.3 is 5.69 Å². The smallest absolute Gasteiger partial charge is 0.293 e. The number of carbonyl (C=O) groups is 1. The fraction of sp³-hybridized carbons (Fsp3) is 0.435. The van der Waals surface area contributed by atoms with Gasteiger partial charge in [0.15, 0.2) is 11.4 Å². The van der Waals surface area contributed by atoms with Gasteiger partial charge in [-0.3, -0.25) is 18.7 Å². The van der Waals surface area contributed by atoms with Crippen molar-refractivity contribution < 1.29 is 4.79 Å². The third-order valence-electron chi connectivity index (χ3n) is 5.59. The Bertz CT molecular complexity index is 1300. The van der Waals surface area contributed by atoms with Gasteiger partial charge in [0.1, 0.15) is 16.2 Å². The van der Waals surface area contributed by atoms with E-state index in [0.29, 0.717) is 34.0 Å². The lowest BCUT2D eigenvalue weighted by Gasteiger charge is -2.14. The zero-order valence-electron chi connectivity index (χ0n) is 18.3. The first-order valence-corrected chi connectivity index (χ1v) is 11.5. The molecule has 1 aliphatic carbocycles. The normalized spacial score (nSPS) is 13.7. The molecular formula is C23H26N4O3S. The van der Waals surface area contributed by atoms with Crippen molar-refractivity contribution in [2.45, 2.75) is 57.5 Å². The van der Waals surface area contributed by atoms with Crippen LogP contribution in [0.2, 0.25) is 0 Å². The molecule has 4 rings (SSSR count). The molecule has 0 radical (unpaired) electrons. The summed E-state index contributed by atoms with van der Waals surface area (Å²) in [4.78, 5) is 48.0. The number of aryl methyl sites for hydroxylation is 3. The van der Waals surface area contributed by atoms with Crippen molar-refractivity contribution in [3.05, 3.63) is 61.6 Å². The molecular weight excluding hydrogens is 412 g/mol. The van der Waals surface area contributed by atoms with Gasteiger partial charge in [-0.15, -0.1) is 0 Å². The maximum Gasteiger partial charge on any atom is 0.332 e. The number of hydrogen-bond acceptors (Lipinski definition) is 6. The highest BCUT2D eigenvalue weighted by atomic mass is 32.2. The molecule has 0 atom stereocenters. The van der Waals surface area contributed by atoms with Gasteiger partial charge in [0.2, 0.25) is 0 Å². The summed E-state index contributed by atoms with van der Waals surface area (Å²) in [5, 5.41) is 0.801. The van der Waals surface area contributed by atoms with Crippen molar-refractivity contribution in [2.75, 3.05) is 5.75 Å². The lowest BCUT2D eigenvalue weighted by Crippen LogP contribution is -2.39. The van der Waals surface area contributed by atoms with Crippen molar-refractivity contribution in [3.63, 3.8) is 0 Å². The summed E-state index contributed by atoms with van der Waals surface area (Å²) in [7, 11) is 1.47. The van der Waals surface area contributed by atoms with Gasteiger partial charge in [0, 0.05) is 25.1 Å². The zero-order chi connectivity index (χ0) is 22.3. The van der Waals surface area contributed by atoms with E-state index in [4.69, 9.17) is 0 Å². The van der Waals surface area contributed by atoms with Crippen LogP contribution >= 0.6 is 11.8 Å². The van der Waals surface area contributed by atoms with Crippen molar-refractivity contribution in [1.29, 1.82) is 0 Å². The molecule has 0 spiro atoms. The van der Waals surface area contributed by atoms with Crippen LogP contribution in [0.3, 0.4) is 0 Å². The van der Waals surface area contributed by atoms with Crippen LogP contribution in [-0.2, 0) is 13.6 Å². The highest BCUT2D eigenvalue weighted by molar-refractivity contribution is 8.00. The van der Waals surface area contributed by atoms with Crippen LogP contribution < -0.4 is 11.2 Å². The average molecular weight is 439 g/mol. The molecule has 8 heteroatoms. The van der Waals surface area contributed by atoms with E-state index in [1.807, 2.05) is 39.0 Å². The van der Waals surface area contributed by atoms with Crippen LogP contribution in [0.5, 0.6) is 0 Å². The van der Waals surface area contributed by atoms with E-state index in [2.05, 4.69) is 9.97 Å². The van der Waals surface area contributed by atoms with E-state index in [1.165, 1.54) is 18.8 Å². The van der Waals surface area contributed by atoms with Crippen LogP contribution in [0.1, 0.15) is 59.4 Å². The zero-order valence-corrected chi connectivity index (χ0v) is 19.1. The van der Waals surface area contributed by atoms with E-state index in [9.17, 15) is 14.4 Å². The van der Waals surface area contributed by atoms with Crippen molar-refractivity contribution >= 4 is 28.6 Å². The molecule has 1 aromatic carbocycles. The summed E-state index contributed by atoms with van der Waals surface area (Å²) in [5.41, 5.74) is 2.23. The molecule has 0 saturated heterocycles. The molecule has 0 aliphatic heterocycles. The second kappa shape index (κ2) is 8.42. The number of fused-ring (bicyclic) bond motifs is 1. The van der Waals surface area contributed by atoms with E-state index in [-0.39, 0.29) is 23.1 Å². The Kier molecular flexibility index (Phi) is 5.83. The van der Waals surface area contributed by atoms with Crippen LogP contribution in [0, 0.1) is 13.8 Å². The van der Waals surface area contributed by atoms with Gasteiger partial charge in [0.25, 0.3) is 5.56 Å². The van der Waals surface area contributed by atoms with Crippen LogP contribution in [-0.4, -0.2) is 30.6 Å². The topological polar surface area (TPSA) is 86.9 Å². The predicted molar refractivity (Wildman–Crippen MR) is 122 cm³/mol. The molecule has 3 aromatic rings. The van der Waals surface area contributed by atoms with Gasteiger partial charge in [-0.05, 0) is 44.7 Å². The molecule has 162 valence electrons.